The first-order valence-electron chi connectivity index (χ1n) is 42.9. The van der Waals surface area contributed by atoms with E-state index >= 15 is 0 Å². The highest BCUT2D eigenvalue weighted by atomic mass is 127. The number of hydrogen-bond acceptors (Lipinski definition) is 0. The van der Waals surface area contributed by atoms with Gasteiger partial charge in [0, 0.05) is 44.5 Å². The molecule has 0 aromatic heterocycles. The van der Waals surface area contributed by atoms with E-state index in [1.165, 1.54) is 115 Å². The van der Waals surface area contributed by atoms with Crippen molar-refractivity contribution >= 4 is 99.3 Å². The van der Waals surface area contributed by atoms with Gasteiger partial charge in [0.15, 0.2) is 57.1 Å². The molecule has 0 aliphatic carbocycles. The van der Waals surface area contributed by atoms with Crippen molar-refractivity contribution in [2.45, 2.75) is 134 Å². The van der Waals surface area contributed by atoms with E-state index in [0.29, 0.717) is 0 Å². The minimum Gasteiger partial charge on any atom is -0.207 e. The van der Waals surface area contributed by atoms with Crippen molar-refractivity contribution in [1.82, 2.24) is 0 Å². The summed E-state index contributed by atoms with van der Waals surface area (Å²) in [6, 6.07) is 111. The van der Waals surface area contributed by atoms with Crippen LogP contribution >= 0.6 is 99.3 Å². The lowest BCUT2D eigenvalue weighted by Crippen LogP contribution is -3.62. The van der Waals surface area contributed by atoms with Gasteiger partial charge in [-0.15, -0.1) is 99.3 Å². The smallest absolute Gasteiger partial charge is 0.207 e. The second kappa shape index (κ2) is 67.9. The average Bonchev–Trinajstić information content (AvgIpc) is 0.835. The molecule has 0 unspecified atom stereocenters. The molecule has 0 radical (unpaired) electrons. The quantitative estimate of drug-likeness (QED) is 0.0669. The van der Waals surface area contributed by atoms with Crippen molar-refractivity contribution in [2.75, 3.05) is 0 Å². The predicted molar refractivity (Wildman–Crippen MR) is 554 cm³/mol. The molecular formula is C116H118Cl8F10I8+8. The molecule has 16 aromatic rings. The molecule has 0 heterocycles. The normalized spacial score (nSPS) is 10.3. The van der Waals surface area contributed by atoms with Crippen LogP contribution in [0.25, 0.3) is 0 Å². The van der Waals surface area contributed by atoms with Gasteiger partial charge in [-0.05, 0) is 355 Å². The van der Waals surface area contributed by atoms with Crippen LogP contribution in [-0.4, -0.2) is 0 Å². The molecule has 756 valence electrons. The van der Waals surface area contributed by atoms with E-state index in [1.807, 2.05) is 146 Å². The molecule has 0 atom stereocenters. The largest absolute Gasteiger partial charge is 0.358 e. The van der Waals surface area contributed by atoms with Crippen LogP contribution in [0.15, 0.2) is 358 Å². The maximum Gasteiger partial charge on any atom is 0.358 e. The van der Waals surface area contributed by atoms with Crippen LogP contribution in [0.3, 0.4) is 0 Å². The van der Waals surface area contributed by atoms with Gasteiger partial charge in [0.2, 0.25) is 0 Å². The first-order valence-corrected chi connectivity index (χ1v) is 60.2. The molecule has 0 N–H and O–H groups in total. The lowest BCUT2D eigenvalue weighted by Gasteiger charge is -2.18. The summed E-state index contributed by atoms with van der Waals surface area (Å²) in [6.45, 7) is 35.8. The van der Waals surface area contributed by atoms with Crippen LogP contribution in [0.5, 0.6) is 0 Å². The molecule has 16 rings (SSSR count). The van der Waals surface area contributed by atoms with Gasteiger partial charge in [0.25, 0.3) is 0 Å². The van der Waals surface area contributed by atoms with Crippen molar-refractivity contribution in [2.24, 2.45) is 0 Å². The summed E-state index contributed by atoms with van der Waals surface area (Å²) in [6.07, 6.45) is 0. The van der Waals surface area contributed by atoms with Gasteiger partial charge in [-0.2, -0.15) is 0 Å². The summed E-state index contributed by atoms with van der Waals surface area (Å²) < 4.78 is 150. The summed E-state index contributed by atoms with van der Waals surface area (Å²) in [5.41, 5.74) is 13.0. The minimum absolute atomic E-state index is 0. The molecule has 0 aliphatic rings. The zero-order chi connectivity index (χ0) is 97.2. The summed E-state index contributed by atoms with van der Waals surface area (Å²) >= 11 is -1.89. The Kier molecular flexibility index (Phi) is 64.6. The van der Waals surface area contributed by atoms with Crippen LogP contribution in [0.2, 0.25) is 0 Å². The summed E-state index contributed by atoms with van der Waals surface area (Å²) in [5, 5.41) is 0. The molecule has 0 aliphatic heterocycles. The Morgan fingerprint density at radius 1 is 0.148 bits per heavy atom. The Labute approximate surface area is 968 Å². The van der Waals surface area contributed by atoms with Gasteiger partial charge < -0.3 is 0 Å². The maximum atomic E-state index is 13.3. The van der Waals surface area contributed by atoms with Crippen LogP contribution in [0.4, 0.5) is 43.9 Å². The molecule has 0 amide bonds. The van der Waals surface area contributed by atoms with Gasteiger partial charge in [0.05, 0.1) is 0 Å². The van der Waals surface area contributed by atoms with Crippen molar-refractivity contribution in [3.05, 3.63) is 534 Å². The SMILES string of the molecule is CC(C)(C)c1ccc([I+]c2ccc(F)cc2)cc1.Cc1cc(F)cc(C)c1[I+]c1ccc(C(C)(C)C)cc1.Cc1cc(F)cc(C)c1[I+]c1ccccc1.Cc1cc(F)ccc1[I+]c1ccc(C(C)(C)C)cc1.Cc1cc(F)ccc1[I+]c1ccc(F)cc1C.Cc1cc(F)ccc1[I+]c1ccccc1.Cl.Cl.Cl.Cl.Cl.Cl.Cl.Cl.Fc1ccc([I+]c2ccc(F)cc2)cc1.Fc1ccc([I+]c2ccccc2)cc1. The first kappa shape index (κ1) is 135. The van der Waals surface area contributed by atoms with Crippen molar-refractivity contribution in [1.29, 1.82) is 0 Å². The maximum absolute atomic E-state index is 13.3. The van der Waals surface area contributed by atoms with Crippen molar-refractivity contribution in [3.63, 3.8) is 0 Å². The summed E-state index contributed by atoms with van der Waals surface area (Å²) in [7, 11) is 0. The standard InChI is InChI=1S/C18H21FI.C17H19FI.C16H17FI.C14H12F2I.C14H13FI.C13H11FI.C12H8F2I.C12H9FI.8ClH/c1-12-10-15(19)11-13(2)17(12)20-16-8-6-14(7-9-16)18(3,4)5;1-12-11-14(18)7-10-16(12)19-15-8-5-13(6-9-15)17(2,3)4;1-16(2,3)12-4-8-14(9-5-12)18-15-10-6-13(17)7-11-15;1-9-7-11(15)3-5-13(9)17-14-6-4-12(16)8-10(14)2;1-10-8-12(15)9-11(2)14(10)16-13-6-4-3-5-7-13;1-10-9-11(14)7-8-13(10)15-12-5-3-2-4-6-12;13-9-1-5-11(6-2-9)15-12-7-3-10(14)4-8-12;13-10-6-8-12(9-7-10)14-11-4-2-1-3-5-11;;;;;;;;/h6-11H,1-5H3;5-11H,1-4H3;4-11H,1-3H3;3-8H,1-2H3;3-9H,1-2H3;2-9H,1H3;1-8H;1-9H;8*1H/q8*+1;;;;;;;;. The third kappa shape index (κ3) is 48.7. The van der Waals surface area contributed by atoms with Gasteiger partial charge in [-0.25, -0.2) is 43.9 Å². The zero-order valence-electron chi connectivity index (χ0n) is 81.1. The topological polar surface area (TPSA) is 0 Å². The van der Waals surface area contributed by atoms with Gasteiger partial charge in [-0.3, -0.25) is 0 Å². The van der Waals surface area contributed by atoms with Gasteiger partial charge >= 0.3 is 170 Å². The van der Waals surface area contributed by atoms with Crippen LogP contribution < -0.4 is 170 Å². The molecular weight excluding hydrogens is 2880 g/mol. The van der Waals surface area contributed by atoms with Crippen LogP contribution in [-0.2, 0) is 16.2 Å². The average molecular weight is 3000 g/mol. The zero-order valence-corrected chi connectivity index (χ0v) is 105. The Bertz CT molecular complexity index is 6230. The van der Waals surface area contributed by atoms with E-state index in [-0.39, 0.29) is 343 Å². The van der Waals surface area contributed by atoms with E-state index in [0.717, 1.165) is 51.6 Å². The van der Waals surface area contributed by atoms with Crippen molar-refractivity contribution < 1.29 is 214 Å². The summed E-state index contributed by atoms with van der Waals surface area (Å²) in [4.78, 5) is 0. The monoisotopic (exact) mass is 3000 g/mol. The first-order chi connectivity index (χ1) is 63.6. The highest BCUT2D eigenvalue weighted by molar-refractivity contribution is 5.86. The highest BCUT2D eigenvalue weighted by Gasteiger charge is 2.28. The van der Waals surface area contributed by atoms with Crippen LogP contribution in [0.1, 0.15) is 124 Å². The van der Waals surface area contributed by atoms with Gasteiger partial charge in [0.1, 0.15) is 58.2 Å². The van der Waals surface area contributed by atoms with Crippen molar-refractivity contribution in [3.8, 4) is 0 Å². The van der Waals surface area contributed by atoms with E-state index in [1.54, 1.807) is 97.1 Å². The Morgan fingerprint density at radius 3 is 0.507 bits per heavy atom. The summed E-state index contributed by atoms with van der Waals surface area (Å²) in [5.74, 6) is -1.72. The fourth-order valence-corrected chi connectivity index (χ4v) is 31.1. The molecule has 0 spiro atoms. The van der Waals surface area contributed by atoms with Gasteiger partial charge in [-0.1, -0.05) is 153 Å². The van der Waals surface area contributed by atoms with E-state index in [9.17, 15) is 43.9 Å². The number of aryl methyl sites for hydroxylation is 8. The third-order valence-corrected chi connectivity index (χ3v) is 44.6. The number of halogens is 26. The number of hydrogen-bond donors (Lipinski definition) is 0. The molecule has 0 saturated heterocycles. The second-order valence-corrected chi connectivity index (χ2v) is 57.5. The van der Waals surface area contributed by atoms with E-state index < -0.39 is 0 Å². The lowest BCUT2D eigenvalue weighted by molar-refractivity contribution is -0.599. The second-order valence-electron chi connectivity index (χ2n) is 33.9. The fourth-order valence-electron chi connectivity index (χ4n) is 12.3. The molecule has 0 saturated carbocycles. The molecule has 142 heavy (non-hydrogen) atoms. The van der Waals surface area contributed by atoms with Crippen LogP contribution in [0, 0.1) is 171 Å². The molecule has 0 nitrogen and oxygen atoms in total. The van der Waals surface area contributed by atoms with E-state index in [4.69, 9.17) is 0 Å². The Balaban J connectivity index is 0.000000807. The molecule has 16 aromatic carbocycles. The van der Waals surface area contributed by atoms with E-state index in [2.05, 4.69) is 184 Å². The highest BCUT2D eigenvalue weighted by Crippen LogP contribution is 2.24. The number of benzene rings is 16. The minimum atomic E-state index is -0.374. The molecule has 0 bridgehead atoms. The Morgan fingerprint density at radius 2 is 0.303 bits per heavy atom. The lowest BCUT2D eigenvalue weighted by atomic mass is 9.87. The number of rotatable bonds is 16. The molecule has 0 fully saturated rings. The molecule has 26 heteroatoms. The third-order valence-electron chi connectivity index (χ3n) is 19.5. The predicted octanol–water partition coefficient (Wildman–Crippen LogP) is 9.65. The Hall–Kier alpha value is -5.02. The fraction of sp³-hybridized carbons (Fsp3) is 0.172.